The molecular formula is C14H13N5O4S. The summed E-state index contributed by atoms with van der Waals surface area (Å²) < 4.78 is 28.9. The number of nitrogens with zero attached hydrogens (tertiary/aromatic N) is 4. The third kappa shape index (κ3) is 2.67. The Morgan fingerprint density at radius 1 is 1.29 bits per heavy atom. The van der Waals surface area contributed by atoms with Gasteiger partial charge in [-0.3, -0.25) is 19.5 Å². The Labute approximate surface area is 137 Å². The highest BCUT2D eigenvalue weighted by atomic mass is 32.2. The van der Waals surface area contributed by atoms with E-state index in [1.807, 2.05) is 0 Å². The zero-order valence-electron chi connectivity index (χ0n) is 12.8. The van der Waals surface area contributed by atoms with Crippen LogP contribution in [0.15, 0.2) is 41.4 Å². The summed E-state index contributed by atoms with van der Waals surface area (Å²) in [6.07, 6.45) is 1.34. The highest BCUT2D eigenvalue weighted by Gasteiger charge is 2.25. The molecule has 0 aliphatic carbocycles. The summed E-state index contributed by atoms with van der Waals surface area (Å²) in [5.74, 6) is 0. The fourth-order valence-electron chi connectivity index (χ4n) is 2.41. The van der Waals surface area contributed by atoms with Gasteiger partial charge >= 0.3 is 0 Å². The molecule has 0 aliphatic rings. The van der Waals surface area contributed by atoms with E-state index in [9.17, 15) is 18.5 Å². The molecule has 2 aromatic heterocycles. The van der Waals surface area contributed by atoms with Gasteiger partial charge in [0.05, 0.1) is 22.5 Å². The van der Waals surface area contributed by atoms with Crippen LogP contribution in [0.1, 0.15) is 5.69 Å². The van der Waals surface area contributed by atoms with Crippen molar-refractivity contribution < 1.29 is 13.3 Å². The van der Waals surface area contributed by atoms with Crippen LogP contribution >= 0.6 is 0 Å². The molecule has 10 heteroatoms. The van der Waals surface area contributed by atoms with Gasteiger partial charge in [0.25, 0.3) is 15.7 Å². The van der Waals surface area contributed by atoms with Crippen molar-refractivity contribution in [3.63, 3.8) is 0 Å². The van der Waals surface area contributed by atoms with E-state index in [0.717, 1.165) is 6.07 Å². The quantitative estimate of drug-likeness (QED) is 0.569. The minimum atomic E-state index is -4.12. The number of sulfonamides is 1. The first-order valence-electron chi connectivity index (χ1n) is 6.85. The van der Waals surface area contributed by atoms with Crippen molar-refractivity contribution >= 4 is 32.4 Å². The fraction of sp³-hybridized carbons (Fsp3) is 0.143. The molecule has 0 aliphatic heterocycles. The van der Waals surface area contributed by atoms with Crippen molar-refractivity contribution in [2.24, 2.45) is 7.05 Å². The summed E-state index contributed by atoms with van der Waals surface area (Å²) in [5, 5.41) is 15.9. The minimum absolute atomic E-state index is 0.205. The Morgan fingerprint density at radius 3 is 2.71 bits per heavy atom. The Bertz CT molecular complexity index is 1060. The van der Waals surface area contributed by atoms with Crippen LogP contribution in [0.3, 0.4) is 0 Å². The predicted molar refractivity (Wildman–Crippen MR) is 87.2 cm³/mol. The molecule has 9 nitrogen and oxygen atoms in total. The van der Waals surface area contributed by atoms with Gasteiger partial charge in [-0.15, -0.1) is 0 Å². The average molecular weight is 347 g/mol. The largest absolute Gasteiger partial charge is 0.289 e. The molecule has 0 spiro atoms. The predicted octanol–water partition coefficient (Wildman–Crippen LogP) is 1.99. The number of hydrogen-bond donors (Lipinski definition) is 1. The van der Waals surface area contributed by atoms with E-state index in [1.54, 1.807) is 24.7 Å². The highest BCUT2D eigenvalue weighted by Crippen LogP contribution is 2.26. The van der Waals surface area contributed by atoms with E-state index in [2.05, 4.69) is 14.8 Å². The molecule has 0 bridgehead atoms. The summed E-state index contributed by atoms with van der Waals surface area (Å²) >= 11 is 0. The van der Waals surface area contributed by atoms with Crippen molar-refractivity contribution in [1.29, 1.82) is 0 Å². The second-order valence-corrected chi connectivity index (χ2v) is 6.79. The van der Waals surface area contributed by atoms with Gasteiger partial charge in [0.15, 0.2) is 10.5 Å². The smallest absolute Gasteiger partial charge is 0.278 e. The van der Waals surface area contributed by atoms with E-state index in [4.69, 9.17) is 0 Å². The zero-order valence-corrected chi connectivity index (χ0v) is 13.6. The molecule has 24 heavy (non-hydrogen) atoms. The van der Waals surface area contributed by atoms with Gasteiger partial charge < -0.3 is 0 Å². The van der Waals surface area contributed by atoms with E-state index in [-0.39, 0.29) is 5.69 Å². The lowest BCUT2D eigenvalue weighted by Gasteiger charge is -2.08. The number of fused-ring (bicyclic) bond motifs is 1. The number of hydrogen-bond acceptors (Lipinski definition) is 6. The molecule has 0 saturated carbocycles. The van der Waals surface area contributed by atoms with Crippen LogP contribution < -0.4 is 4.72 Å². The monoisotopic (exact) mass is 347 g/mol. The molecular weight excluding hydrogens is 334 g/mol. The SMILES string of the molecule is Cc1nn(C)c2ncc(NS(=O)(=O)c3ccccc3[N+](=O)[O-])cc12. The third-order valence-electron chi connectivity index (χ3n) is 3.47. The number of aryl methyl sites for hydroxylation is 2. The second kappa shape index (κ2) is 5.57. The molecule has 0 unspecified atom stereocenters. The zero-order chi connectivity index (χ0) is 17.5. The molecule has 0 fully saturated rings. The average Bonchev–Trinajstić information content (AvgIpc) is 2.81. The van der Waals surface area contributed by atoms with Gasteiger partial charge in [-0.2, -0.15) is 5.10 Å². The molecule has 1 N–H and O–H groups in total. The van der Waals surface area contributed by atoms with Crippen LogP contribution in [0.4, 0.5) is 11.4 Å². The summed E-state index contributed by atoms with van der Waals surface area (Å²) in [7, 11) is -2.39. The normalized spacial score (nSPS) is 11.6. The second-order valence-electron chi connectivity index (χ2n) is 5.13. The first-order valence-corrected chi connectivity index (χ1v) is 8.33. The third-order valence-corrected chi connectivity index (χ3v) is 4.90. The van der Waals surface area contributed by atoms with Crippen molar-refractivity contribution in [2.75, 3.05) is 4.72 Å². The van der Waals surface area contributed by atoms with Gasteiger partial charge in [-0.25, -0.2) is 13.4 Å². The number of rotatable bonds is 4. The molecule has 1 aromatic carbocycles. The standard InChI is InChI=1S/C14H13N5O4S/c1-9-11-7-10(8-15-14(11)18(2)16-9)17-24(22,23)13-6-4-3-5-12(13)19(20)21/h3-8,17H,1-2H3. The first-order chi connectivity index (χ1) is 11.3. The molecule has 0 amide bonds. The van der Waals surface area contributed by atoms with Crippen LogP contribution in [0.5, 0.6) is 0 Å². The van der Waals surface area contributed by atoms with E-state index >= 15 is 0 Å². The Balaban J connectivity index is 2.04. The lowest BCUT2D eigenvalue weighted by molar-refractivity contribution is -0.387. The summed E-state index contributed by atoms with van der Waals surface area (Å²) in [4.78, 5) is 14.1. The number of benzene rings is 1. The minimum Gasteiger partial charge on any atom is -0.278 e. The first kappa shape index (κ1) is 15.9. The van der Waals surface area contributed by atoms with E-state index in [1.165, 1.54) is 24.4 Å². The lowest BCUT2D eigenvalue weighted by Crippen LogP contribution is -2.14. The van der Waals surface area contributed by atoms with E-state index < -0.39 is 25.5 Å². The van der Waals surface area contributed by atoms with Crippen LogP contribution in [-0.4, -0.2) is 28.1 Å². The van der Waals surface area contributed by atoms with Crippen LogP contribution in [0.2, 0.25) is 0 Å². The van der Waals surface area contributed by atoms with Crippen molar-refractivity contribution in [2.45, 2.75) is 11.8 Å². The van der Waals surface area contributed by atoms with Gasteiger partial charge in [0.2, 0.25) is 0 Å². The van der Waals surface area contributed by atoms with Gasteiger partial charge in [-0.1, -0.05) is 12.1 Å². The van der Waals surface area contributed by atoms with E-state index in [0.29, 0.717) is 16.7 Å². The van der Waals surface area contributed by atoms with Crippen molar-refractivity contribution in [3.8, 4) is 0 Å². The summed E-state index contributed by atoms with van der Waals surface area (Å²) in [5.41, 5.74) is 1.03. The molecule has 124 valence electrons. The Kier molecular flexibility index (Phi) is 3.68. The van der Waals surface area contributed by atoms with Gasteiger partial charge in [0, 0.05) is 18.5 Å². The number of nitro groups is 1. The number of aromatic nitrogens is 3. The maximum Gasteiger partial charge on any atom is 0.289 e. The lowest BCUT2D eigenvalue weighted by atomic mass is 10.3. The topological polar surface area (TPSA) is 120 Å². The molecule has 0 saturated heterocycles. The van der Waals surface area contributed by atoms with Crippen LogP contribution in [-0.2, 0) is 17.1 Å². The number of nitro benzene ring substituents is 1. The summed E-state index contributed by atoms with van der Waals surface area (Å²) in [6, 6.07) is 6.75. The molecule has 0 atom stereocenters. The Hall–Kier alpha value is -3.01. The number of nitrogens with one attached hydrogen (secondary N) is 1. The van der Waals surface area contributed by atoms with Crippen LogP contribution in [0.25, 0.3) is 11.0 Å². The van der Waals surface area contributed by atoms with Gasteiger partial charge in [0.1, 0.15) is 0 Å². The summed E-state index contributed by atoms with van der Waals surface area (Å²) in [6.45, 7) is 1.78. The highest BCUT2D eigenvalue weighted by molar-refractivity contribution is 7.92. The fourth-order valence-corrected chi connectivity index (χ4v) is 3.62. The number of para-hydroxylation sites is 1. The maximum absolute atomic E-state index is 12.5. The van der Waals surface area contributed by atoms with Crippen molar-refractivity contribution in [1.82, 2.24) is 14.8 Å². The molecule has 3 rings (SSSR count). The molecule has 2 heterocycles. The Morgan fingerprint density at radius 2 is 2.00 bits per heavy atom. The molecule has 0 radical (unpaired) electrons. The van der Waals surface area contributed by atoms with Crippen molar-refractivity contribution in [3.05, 3.63) is 52.3 Å². The van der Waals surface area contributed by atoms with Gasteiger partial charge in [-0.05, 0) is 19.1 Å². The number of anilines is 1. The van der Waals surface area contributed by atoms with Crippen LogP contribution in [0, 0.1) is 17.0 Å². The number of pyridine rings is 1. The molecule has 3 aromatic rings. The maximum atomic E-state index is 12.5.